The number of hydrogen-bond donors (Lipinski definition) is 1. The molecule has 0 aliphatic heterocycles. The van der Waals surface area contributed by atoms with Crippen LogP contribution in [-0.4, -0.2) is 25.3 Å². The van der Waals surface area contributed by atoms with Crippen molar-refractivity contribution < 1.29 is 22.4 Å². The summed E-state index contributed by atoms with van der Waals surface area (Å²) in [6, 6.07) is 4.00. The third kappa shape index (κ3) is 5.01. The van der Waals surface area contributed by atoms with Gasteiger partial charge in [0, 0.05) is 11.6 Å². The summed E-state index contributed by atoms with van der Waals surface area (Å²) in [5.41, 5.74) is 0.279. The van der Waals surface area contributed by atoms with Gasteiger partial charge in [0.15, 0.2) is 0 Å². The minimum atomic E-state index is -4.40. The van der Waals surface area contributed by atoms with Crippen molar-refractivity contribution in [2.75, 3.05) is 13.1 Å². The molecular weight excluding hydrogens is 274 g/mol. The second-order valence-corrected chi connectivity index (χ2v) is 4.09. The van der Waals surface area contributed by atoms with Crippen LogP contribution in [0.25, 0.3) is 0 Å². The van der Waals surface area contributed by atoms with Crippen LogP contribution in [0, 0.1) is 0 Å². The molecule has 0 radical (unpaired) electrons. The maximum Gasteiger partial charge on any atom is 0.401 e. The second kappa shape index (κ2) is 6.15. The van der Waals surface area contributed by atoms with Gasteiger partial charge in [-0.3, -0.25) is 4.79 Å². The molecular formula is C11H10ClF4NO. The zero-order chi connectivity index (χ0) is 13.8. The quantitative estimate of drug-likeness (QED) is 0.665. The van der Waals surface area contributed by atoms with Crippen LogP contribution >= 0.6 is 11.6 Å². The highest BCUT2D eigenvalue weighted by atomic mass is 35.5. The molecule has 0 heterocycles. The lowest BCUT2D eigenvalue weighted by atomic mass is 10.00. The molecule has 1 unspecified atom stereocenters. The molecule has 1 atom stereocenters. The molecule has 1 aromatic carbocycles. The third-order valence-electron chi connectivity index (χ3n) is 2.22. The van der Waals surface area contributed by atoms with Crippen LogP contribution in [0.1, 0.15) is 11.5 Å². The normalized spacial score (nSPS) is 13.4. The minimum Gasteiger partial charge on any atom is -0.308 e. The van der Waals surface area contributed by atoms with Crippen molar-refractivity contribution in [3.8, 4) is 0 Å². The van der Waals surface area contributed by atoms with E-state index < -0.39 is 31.2 Å². The maximum absolute atomic E-state index is 12.8. The van der Waals surface area contributed by atoms with E-state index in [1.54, 1.807) is 0 Å². The summed E-state index contributed by atoms with van der Waals surface area (Å²) in [5, 5.41) is 2.40. The molecule has 100 valence electrons. The van der Waals surface area contributed by atoms with E-state index in [4.69, 9.17) is 11.6 Å². The molecule has 1 rings (SSSR count). The Labute approximate surface area is 106 Å². The first-order valence-corrected chi connectivity index (χ1v) is 5.39. The number of carbonyl (C=O) groups excluding carboxylic acids is 1. The van der Waals surface area contributed by atoms with Gasteiger partial charge in [0.25, 0.3) is 0 Å². The average molecular weight is 284 g/mol. The average Bonchev–Trinajstić information content (AvgIpc) is 2.24. The Morgan fingerprint density at radius 3 is 2.28 bits per heavy atom. The van der Waals surface area contributed by atoms with Crippen molar-refractivity contribution in [2.45, 2.75) is 12.1 Å². The van der Waals surface area contributed by atoms with Crippen LogP contribution in [0.3, 0.4) is 0 Å². The predicted octanol–water partition coefficient (Wildman–Crippen LogP) is 3.07. The highest BCUT2D eigenvalue weighted by Gasteiger charge is 2.28. The standard InChI is InChI=1S/C11H10ClF4NO/c12-8-3-1-7(2-4-8)9(10(13)18)5-17-6-11(14,15)16/h1-4,9,17H,5-6H2. The van der Waals surface area contributed by atoms with E-state index in [1.807, 2.05) is 5.32 Å². The Balaban J connectivity index is 2.66. The molecule has 0 aliphatic carbocycles. The van der Waals surface area contributed by atoms with Crippen LogP contribution in [0.4, 0.5) is 17.6 Å². The van der Waals surface area contributed by atoms with Crippen molar-refractivity contribution in [1.29, 1.82) is 0 Å². The van der Waals surface area contributed by atoms with Gasteiger partial charge in [-0.05, 0) is 17.7 Å². The molecule has 0 aliphatic rings. The Kier molecular flexibility index (Phi) is 5.10. The van der Waals surface area contributed by atoms with Gasteiger partial charge in [-0.25, -0.2) is 0 Å². The number of halogens is 5. The largest absolute Gasteiger partial charge is 0.401 e. The van der Waals surface area contributed by atoms with Crippen LogP contribution in [0.2, 0.25) is 5.02 Å². The van der Waals surface area contributed by atoms with E-state index in [0.29, 0.717) is 5.02 Å². The molecule has 1 N–H and O–H groups in total. The van der Waals surface area contributed by atoms with Gasteiger partial charge in [-0.15, -0.1) is 0 Å². The SMILES string of the molecule is O=C(F)C(CNCC(F)(F)F)c1ccc(Cl)cc1. The van der Waals surface area contributed by atoms with Gasteiger partial charge in [-0.1, -0.05) is 23.7 Å². The maximum atomic E-state index is 12.8. The Morgan fingerprint density at radius 1 is 1.28 bits per heavy atom. The fourth-order valence-electron chi connectivity index (χ4n) is 1.38. The summed E-state index contributed by atoms with van der Waals surface area (Å²) in [5.74, 6) is -1.26. The van der Waals surface area contributed by atoms with Crippen LogP contribution < -0.4 is 5.32 Å². The number of rotatable bonds is 5. The molecule has 0 fully saturated rings. The molecule has 0 aromatic heterocycles. The number of nitrogens with one attached hydrogen (secondary N) is 1. The minimum absolute atomic E-state index is 0.279. The van der Waals surface area contributed by atoms with Gasteiger partial charge < -0.3 is 5.32 Å². The molecule has 7 heteroatoms. The molecule has 0 bridgehead atoms. The van der Waals surface area contributed by atoms with E-state index in [-0.39, 0.29) is 5.56 Å². The van der Waals surface area contributed by atoms with E-state index in [1.165, 1.54) is 24.3 Å². The van der Waals surface area contributed by atoms with E-state index in [0.717, 1.165) is 0 Å². The number of alkyl halides is 3. The van der Waals surface area contributed by atoms with Gasteiger partial charge in [0.2, 0.25) is 0 Å². The monoisotopic (exact) mass is 283 g/mol. The predicted molar refractivity (Wildman–Crippen MR) is 59.2 cm³/mol. The molecule has 0 amide bonds. The van der Waals surface area contributed by atoms with Gasteiger partial charge in [0.1, 0.15) is 0 Å². The summed E-state index contributed by atoms with van der Waals surface area (Å²) in [6.45, 7) is -1.69. The highest BCUT2D eigenvalue weighted by molar-refractivity contribution is 6.30. The fraction of sp³-hybridized carbons (Fsp3) is 0.364. The topological polar surface area (TPSA) is 29.1 Å². The third-order valence-corrected chi connectivity index (χ3v) is 2.47. The van der Waals surface area contributed by atoms with Crippen molar-refractivity contribution in [3.63, 3.8) is 0 Å². The van der Waals surface area contributed by atoms with Crippen molar-refractivity contribution in [2.24, 2.45) is 0 Å². The summed E-state index contributed by atoms with van der Waals surface area (Å²) >= 11 is 5.62. The molecule has 0 spiro atoms. The van der Waals surface area contributed by atoms with Crippen molar-refractivity contribution >= 4 is 17.6 Å². The Bertz CT molecular complexity index is 404. The first-order chi connectivity index (χ1) is 8.29. The Hall–Kier alpha value is -1.14. The summed E-state index contributed by atoms with van der Waals surface area (Å²) in [4.78, 5) is 10.8. The molecule has 0 saturated carbocycles. The van der Waals surface area contributed by atoms with Crippen LogP contribution in [0.5, 0.6) is 0 Å². The van der Waals surface area contributed by atoms with Crippen molar-refractivity contribution in [3.05, 3.63) is 34.9 Å². The molecule has 0 saturated heterocycles. The lowest BCUT2D eigenvalue weighted by Gasteiger charge is -2.14. The lowest BCUT2D eigenvalue weighted by Crippen LogP contribution is -2.33. The fourth-order valence-corrected chi connectivity index (χ4v) is 1.51. The molecule has 18 heavy (non-hydrogen) atoms. The number of benzene rings is 1. The van der Waals surface area contributed by atoms with Gasteiger partial charge >= 0.3 is 12.2 Å². The second-order valence-electron chi connectivity index (χ2n) is 3.65. The zero-order valence-corrected chi connectivity index (χ0v) is 9.85. The first kappa shape index (κ1) is 14.9. The smallest absolute Gasteiger partial charge is 0.308 e. The van der Waals surface area contributed by atoms with E-state index in [2.05, 4.69) is 0 Å². The van der Waals surface area contributed by atoms with E-state index in [9.17, 15) is 22.4 Å². The molecule has 2 nitrogen and oxygen atoms in total. The van der Waals surface area contributed by atoms with Gasteiger partial charge in [0.05, 0.1) is 12.5 Å². The first-order valence-electron chi connectivity index (χ1n) is 5.02. The number of hydrogen-bond acceptors (Lipinski definition) is 2. The number of carbonyl (C=O) groups is 1. The summed E-state index contributed by atoms with van der Waals surface area (Å²) in [6.07, 6.45) is -4.40. The van der Waals surface area contributed by atoms with Gasteiger partial charge in [-0.2, -0.15) is 17.6 Å². The zero-order valence-electron chi connectivity index (χ0n) is 9.10. The summed E-state index contributed by atoms with van der Waals surface area (Å²) in [7, 11) is 0. The lowest BCUT2D eigenvalue weighted by molar-refractivity contribution is -0.133. The molecule has 1 aromatic rings. The van der Waals surface area contributed by atoms with E-state index >= 15 is 0 Å². The summed E-state index contributed by atoms with van der Waals surface area (Å²) < 4.78 is 48.5. The van der Waals surface area contributed by atoms with Crippen LogP contribution in [0.15, 0.2) is 24.3 Å². The highest BCUT2D eigenvalue weighted by Crippen LogP contribution is 2.20. The Morgan fingerprint density at radius 2 is 1.83 bits per heavy atom. The van der Waals surface area contributed by atoms with Crippen LogP contribution in [-0.2, 0) is 4.79 Å². The van der Waals surface area contributed by atoms with Crippen molar-refractivity contribution in [1.82, 2.24) is 5.32 Å².